The minimum absolute atomic E-state index is 0.164. The third-order valence-corrected chi connectivity index (χ3v) is 5.02. The van der Waals surface area contributed by atoms with Gasteiger partial charge in [0.25, 0.3) is 5.91 Å². The molecule has 128 valence electrons. The van der Waals surface area contributed by atoms with Gasteiger partial charge in [-0.25, -0.2) is 0 Å². The topological polar surface area (TPSA) is 53.4 Å². The summed E-state index contributed by atoms with van der Waals surface area (Å²) < 4.78 is 2.04. The summed E-state index contributed by atoms with van der Waals surface area (Å²) in [4.78, 5) is 17.1. The Morgan fingerprint density at radius 3 is 2.74 bits per heavy atom. The minimum atomic E-state index is 0.164. The molecule has 3 heterocycles. The van der Waals surface area contributed by atoms with Crippen molar-refractivity contribution in [3.63, 3.8) is 0 Å². The van der Waals surface area contributed by atoms with Crippen molar-refractivity contribution in [3.8, 4) is 0 Å². The molecule has 1 atom stereocenters. The number of fused-ring (bicyclic) bond motifs is 1. The average Bonchev–Trinajstić information content (AvgIpc) is 2.96. The number of carbonyl (C=O) groups is 1. The van der Waals surface area contributed by atoms with E-state index < -0.39 is 0 Å². The molecule has 1 amide bonds. The summed E-state index contributed by atoms with van der Waals surface area (Å²) in [5, 5.41) is 7.98. The highest BCUT2D eigenvalue weighted by Gasteiger charge is 2.28. The van der Waals surface area contributed by atoms with E-state index in [9.17, 15) is 4.79 Å². The van der Waals surface area contributed by atoms with Gasteiger partial charge in [-0.05, 0) is 32.4 Å². The molecule has 0 aliphatic carbocycles. The van der Waals surface area contributed by atoms with Crippen molar-refractivity contribution < 1.29 is 4.79 Å². The van der Waals surface area contributed by atoms with E-state index in [1.165, 1.54) is 0 Å². The zero-order chi connectivity index (χ0) is 16.4. The van der Waals surface area contributed by atoms with Crippen molar-refractivity contribution in [1.29, 1.82) is 0 Å². The van der Waals surface area contributed by atoms with Crippen LogP contribution in [0, 0.1) is 5.92 Å². The maximum atomic E-state index is 12.9. The molecule has 0 aromatic carbocycles. The summed E-state index contributed by atoms with van der Waals surface area (Å²) in [5.41, 5.74) is 1.96. The van der Waals surface area contributed by atoms with E-state index >= 15 is 0 Å². The van der Waals surface area contributed by atoms with E-state index in [4.69, 9.17) is 0 Å². The highest BCUT2D eigenvalue weighted by atomic mass is 16.2. The summed E-state index contributed by atoms with van der Waals surface area (Å²) in [5.74, 6) is 0.762. The summed E-state index contributed by atoms with van der Waals surface area (Å²) in [6.45, 7) is 9.84. The monoisotopic (exact) mass is 319 g/mol. The quantitative estimate of drug-likeness (QED) is 0.893. The van der Waals surface area contributed by atoms with E-state index in [0.29, 0.717) is 12.0 Å². The molecule has 2 aliphatic heterocycles. The molecule has 6 heteroatoms. The Morgan fingerprint density at radius 1 is 1.30 bits per heavy atom. The summed E-state index contributed by atoms with van der Waals surface area (Å²) in [6.07, 6.45) is 3.87. The zero-order valence-electron chi connectivity index (χ0n) is 14.6. The molecule has 23 heavy (non-hydrogen) atoms. The van der Waals surface area contributed by atoms with Crippen molar-refractivity contribution in [3.05, 3.63) is 17.5 Å². The number of aryl methyl sites for hydroxylation is 1. The van der Waals surface area contributed by atoms with Gasteiger partial charge in [-0.1, -0.05) is 13.8 Å². The number of hydrogen-bond donors (Lipinski definition) is 1. The highest BCUT2D eigenvalue weighted by Crippen LogP contribution is 2.24. The molecule has 0 spiro atoms. The minimum Gasteiger partial charge on any atom is -0.336 e. The van der Waals surface area contributed by atoms with Gasteiger partial charge in [0, 0.05) is 38.8 Å². The number of piperazine rings is 1. The molecule has 2 aliphatic rings. The lowest BCUT2D eigenvalue weighted by atomic mass is 9.94. The lowest BCUT2D eigenvalue weighted by Crippen LogP contribution is -2.47. The first-order valence-electron chi connectivity index (χ1n) is 8.80. The molecule has 0 radical (unpaired) electrons. The van der Waals surface area contributed by atoms with Crippen LogP contribution in [0.15, 0.2) is 6.20 Å². The normalized spacial score (nSPS) is 22.4. The van der Waals surface area contributed by atoms with Crippen LogP contribution in [-0.2, 0) is 13.0 Å². The highest BCUT2D eigenvalue weighted by molar-refractivity contribution is 5.95. The van der Waals surface area contributed by atoms with Crippen molar-refractivity contribution >= 4 is 5.91 Å². The fraction of sp³-hybridized carbons (Fsp3) is 0.765. The number of aromatic nitrogens is 2. The Bertz CT molecular complexity index is 545. The van der Waals surface area contributed by atoms with Gasteiger partial charge in [-0.15, -0.1) is 0 Å². The smallest absolute Gasteiger partial charge is 0.257 e. The number of nitrogens with one attached hydrogen (secondary N) is 1. The van der Waals surface area contributed by atoms with E-state index in [0.717, 1.165) is 63.4 Å². The van der Waals surface area contributed by atoms with Crippen LogP contribution in [0.3, 0.4) is 0 Å². The standard InChI is InChI=1S/C17H29N5O/c1-13(2)18-11-14-4-5-22-16(10-14)15(12-19-22)17(23)21-8-6-20(3)7-9-21/h12-14,18H,4-11H2,1-3H3. The predicted octanol–water partition coefficient (Wildman–Crippen LogP) is 0.831. The predicted molar refractivity (Wildman–Crippen MR) is 90.6 cm³/mol. The molecule has 1 unspecified atom stereocenters. The Balaban J connectivity index is 1.68. The lowest BCUT2D eigenvalue weighted by molar-refractivity contribution is 0.0662. The van der Waals surface area contributed by atoms with Crippen molar-refractivity contribution in [1.82, 2.24) is 24.9 Å². The molecular weight excluding hydrogens is 290 g/mol. The van der Waals surface area contributed by atoms with Crippen LogP contribution in [-0.4, -0.2) is 71.3 Å². The fourth-order valence-electron chi connectivity index (χ4n) is 3.43. The molecule has 0 saturated carbocycles. The van der Waals surface area contributed by atoms with Crippen LogP contribution in [0.2, 0.25) is 0 Å². The third kappa shape index (κ3) is 3.75. The van der Waals surface area contributed by atoms with Crippen LogP contribution in [0.25, 0.3) is 0 Å². The number of nitrogens with zero attached hydrogens (tertiary/aromatic N) is 4. The number of rotatable bonds is 4. The first-order valence-corrected chi connectivity index (χ1v) is 8.80. The van der Waals surface area contributed by atoms with Crippen LogP contribution < -0.4 is 5.32 Å². The number of amides is 1. The summed E-state index contributed by atoms with van der Waals surface area (Å²) in [7, 11) is 2.11. The van der Waals surface area contributed by atoms with E-state index in [2.05, 4.69) is 36.2 Å². The van der Waals surface area contributed by atoms with Crippen LogP contribution in [0.1, 0.15) is 36.3 Å². The van der Waals surface area contributed by atoms with Crippen molar-refractivity contribution in [2.24, 2.45) is 5.92 Å². The molecule has 1 N–H and O–H groups in total. The molecule has 6 nitrogen and oxygen atoms in total. The summed E-state index contributed by atoms with van der Waals surface area (Å²) >= 11 is 0. The second-order valence-corrected chi connectivity index (χ2v) is 7.25. The van der Waals surface area contributed by atoms with Gasteiger partial charge in [-0.3, -0.25) is 9.48 Å². The SMILES string of the molecule is CC(C)NCC1CCn2ncc(C(=O)N3CCN(C)CC3)c2C1. The first-order chi connectivity index (χ1) is 11.0. The number of hydrogen-bond acceptors (Lipinski definition) is 4. The van der Waals surface area contributed by atoms with E-state index in [1.807, 2.05) is 9.58 Å². The second kappa shape index (κ2) is 7.01. The molecule has 3 rings (SSSR count). The Kier molecular flexibility index (Phi) is 5.02. The average molecular weight is 319 g/mol. The molecular formula is C17H29N5O. The largest absolute Gasteiger partial charge is 0.336 e. The maximum Gasteiger partial charge on any atom is 0.257 e. The zero-order valence-corrected chi connectivity index (χ0v) is 14.6. The van der Waals surface area contributed by atoms with Gasteiger partial charge in [0.05, 0.1) is 17.5 Å². The summed E-state index contributed by atoms with van der Waals surface area (Å²) in [6, 6.07) is 0.508. The molecule has 1 aromatic heterocycles. The van der Waals surface area contributed by atoms with Crippen LogP contribution in [0.5, 0.6) is 0 Å². The van der Waals surface area contributed by atoms with Gasteiger partial charge >= 0.3 is 0 Å². The van der Waals surface area contributed by atoms with Gasteiger partial charge in [0.15, 0.2) is 0 Å². The Hall–Kier alpha value is -1.40. The van der Waals surface area contributed by atoms with Gasteiger partial charge < -0.3 is 15.1 Å². The maximum absolute atomic E-state index is 12.9. The molecule has 1 fully saturated rings. The number of carbonyl (C=O) groups excluding carboxylic acids is 1. The molecule has 1 aromatic rings. The fourth-order valence-corrected chi connectivity index (χ4v) is 3.43. The van der Waals surface area contributed by atoms with Crippen LogP contribution in [0.4, 0.5) is 0 Å². The third-order valence-electron chi connectivity index (χ3n) is 5.02. The molecule has 1 saturated heterocycles. The van der Waals surface area contributed by atoms with E-state index in [1.54, 1.807) is 6.20 Å². The van der Waals surface area contributed by atoms with Gasteiger partial charge in [-0.2, -0.15) is 5.10 Å². The van der Waals surface area contributed by atoms with Crippen LogP contribution >= 0.6 is 0 Å². The molecule has 0 bridgehead atoms. The Morgan fingerprint density at radius 2 is 2.04 bits per heavy atom. The Labute approximate surface area is 138 Å². The lowest BCUT2D eigenvalue weighted by Gasteiger charge is -2.33. The number of likely N-dealkylation sites (N-methyl/N-ethyl adjacent to an activating group) is 1. The van der Waals surface area contributed by atoms with E-state index in [-0.39, 0.29) is 5.91 Å². The first kappa shape index (κ1) is 16.5. The second-order valence-electron chi connectivity index (χ2n) is 7.25. The van der Waals surface area contributed by atoms with Crippen molar-refractivity contribution in [2.45, 2.75) is 39.3 Å². The van der Waals surface area contributed by atoms with Gasteiger partial charge in [0.1, 0.15) is 0 Å². The van der Waals surface area contributed by atoms with Gasteiger partial charge in [0.2, 0.25) is 0 Å². The van der Waals surface area contributed by atoms with Crippen molar-refractivity contribution in [2.75, 3.05) is 39.8 Å².